The molecule has 0 atom stereocenters. The van der Waals surface area contributed by atoms with Crippen molar-refractivity contribution in [1.82, 2.24) is 0 Å². The summed E-state index contributed by atoms with van der Waals surface area (Å²) in [5, 5.41) is 3.43. The van der Waals surface area contributed by atoms with Crippen LogP contribution in [0.5, 0.6) is 5.75 Å². The lowest BCUT2D eigenvalue weighted by molar-refractivity contribution is 0.323. The minimum absolute atomic E-state index is 0.351. The summed E-state index contributed by atoms with van der Waals surface area (Å²) in [6, 6.07) is 5.91. The highest BCUT2D eigenvalue weighted by Gasteiger charge is 2.08. The first-order chi connectivity index (χ1) is 7.65. The van der Waals surface area contributed by atoms with Crippen LogP contribution in [-0.4, -0.2) is 13.2 Å². The number of ether oxygens (including phenoxy) is 1. The molecule has 0 aliphatic heterocycles. The zero-order valence-corrected chi connectivity index (χ0v) is 10.9. The summed E-state index contributed by atoms with van der Waals surface area (Å²) in [7, 11) is 0. The fourth-order valence-corrected chi connectivity index (χ4v) is 1.72. The van der Waals surface area contributed by atoms with Gasteiger partial charge in [0.15, 0.2) is 0 Å². The van der Waals surface area contributed by atoms with Crippen molar-refractivity contribution in [1.29, 1.82) is 0 Å². The fraction of sp³-hybridized carbons (Fsp3) is 0.455. The summed E-state index contributed by atoms with van der Waals surface area (Å²) in [6.07, 6.45) is 0. The first kappa shape index (κ1) is 12.9. The summed E-state index contributed by atoms with van der Waals surface area (Å²) in [5.74, 6) is 1.25. The molecule has 1 rings (SSSR count). The molecule has 0 amide bonds. The van der Waals surface area contributed by atoms with Gasteiger partial charge in [-0.3, -0.25) is 0 Å². The highest BCUT2D eigenvalue weighted by Crippen LogP contribution is 2.29. The van der Waals surface area contributed by atoms with Gasteiger partial charge in [0.2, 0.25) is 0 Å². The fourth-order valence-electron chi connectivity index (χ4n) is 1.34. The van der Waals surface area contributed by atoms with Crippen LogP contribution in [0.2, 0.25) is 0 Å². The van der Waals surface area contributed by atoms with Crippen LogP contribution in [0.25, 0.3) is 10.4 Å². The second-order valence-corrected chi connectivity index (χ2v) is 4.56. The number of azide groups is 1. The molecule has 1 aromatic carbocycles. The van der Waals surface area contributed by atoms with Crippen LogP contribution in [0, 0.1) is 0 Å². The molecule has 5 heteroatoms. The van der Waals surface area contributed by atoms with Crippen LogP contribution in [0.3, 0.4) is 0 Å². The molecule has 0 aliphatic carbocycles. The normalized spacial score (nSPS) is 10.0. The summed E-state index contributed by atoms with van der Waals surface area (Å²) >= 11 is 3.44. The highest BCUT2D eigenvalue weighted by molar-refractivity contribution is 9.10. The van der Waals surface area contributed by atoms with Gasteiger partial charge in [-0.2, -0.15) is 0 Å². The molecule has 0 N–H and O–H groups in total. The van der Waals surface area contributed by atoms with Gasteiger partial charge in [0.05, 0.1) is 13.2 Å². The molecule has 0 saturated carbocycles. The second kappa shape index (κ2) is 6.40. The van der Waals surface area contributed by atoms with E-state index in [1.165, 1.54) is 0 Å². The van der Waals surface area contributed by atoms with E-state index in [2.05, 4.69) is 39.8 Å². The van der Waals surface area contributed by atoms with E-state index in [4.69, 9.17) is 10.3 Å². The number of rotatable bonds is 5. The van der Waals surface area contributed by atoms with Crippen molar-refractivity contribution in [2.24, 2.45) is 5.11 Å². The maximum Gasteiger partial charge on any atom is 0.122 e. The molecule has 0 saturated heterocycles. The van der Waals surface area contributed by atoms with Gasteiger partial charge in [0.25, 0.3) is 0 Å². The van der Waals surface area contributed by atoms with Gasteiger partial charge in [0.1, 0.15) is 5.75 Å². The molecule has 16 heavy (non-hydrogen) atoms. The van der Waals surface area contributed by atoms with Crippen molar-refractivity contribution in [3.8, 4) is 5.75 Å². The lowest BCUT2D eigenvalue weighted by Crippen LogP contribution is -2.03. The Labute approximate surface area is 103 Å². The molecule has 0 fully saturated rings. The lowest BCUT2D eigenvalue weighted by atomic mass is 10.0. The topological polar surface area (TPSA) is 58.0 Å². The van der Waals surface area contributed by atoms with E-state index < -0.39 is 0 Å². The van der Waals surface area contributed by atoms with E-state index >= 15 is 0 Å². The molecule has 0 spiro atoms. The standard InChI is InChI=1S/C11H14BrN3O/c1-8(2)10-7-9(12)3-4-11(10)16-6-5-14-15-13/h3-4,7-8H,5-6H2,1-2H3. The summed E-state index contributed by atoms with van der Waals surface area (Å²) < 4.78 is 6.61. The van der Waals surface area contributed by atoms with E-state index in [0.29, 0.717) is 19.1 Å². The van der Waals surface area contributed by atoms with Gasteiger partial charge in [-0.15, -0.1) is 0 Å². The molecule has 0 radical (unpaired) electrons. The molecule has 0 unspecified atom stereocenters. The molecule has 86 valence electrons. The van der Waals surface area contributed by atoms with Crippen LogP contribution < -0.4 is 4.74 Å². The van der Waals surface area contributed by atoms with Crippen molar-refractivity contribution >= 4 is 15.9 Å². The predicted octanol–water partition coefficient (Wildman–Crippen LogP) is 4.26. The molecule has 0 aliphatic rings. The molecule has 0 aromatic heterocycles. The molecular weight excluding hydrogens is 270 g/mol. The number of nitrogens with zero attached hydrogens (tertiary/aromatic N) is 3. The van der Waals surface area contributed by atoms with Crippen LogP contribution in [0.1, 0.15) is 25.3 Å². The van der Waals surface area contributed by atoms with Crippen molar-refractivity contribution in [3.63, 3.8) is 0 Å². The van der Waals surface area contributed by atoms with Crippen molar-refractivity contribution in [3.05, 3.63) is 38.7 Å². The maximum absolute atomic E-state index is 8.14. The van der Waals surface area contributed by atoms with Gasteiger partial charge in [0, 0.05) is 9.38 Å². The minimum Gasteiger partial charge on any atom is -0.493 e. The van der Waals surface area contributed by atoms with Crippen molar-refractivity contribution in [2.45, 2.75) is 19.8 Å². The monoisotopic (exact) mass is 283 g/mol. The Morgan fingerprint density at radius 1 is 1.50 bits per heavy atom. The molecular formula is C11H14BrN3O. The van der Waals surface area contributed by atoms with Crippen molar-refractivity contribution in [2.75, 3.05) is 13.2 Å². The van der Waals surface area contributed by atoms with Crippen LogP contribution >= 0.6 is 15.9 Å². The van der Waals surface area contributed by atoms with E-state index in [0.717, 1.165) is 15.8 Å². The van der Waals surface area contributed by atoms with E-state index in [1.807, 2.05) is 18.2 Å². The Bertz CT molecular complexity index is 400. The number of benzene rings is 1. The molecule has 1 aromatic rings. The summed E-state index contributed by atoms with van der Waals surface area (Å²) in [4.78, 5) is 2.68. The third kappa shape index (κ3) is 3.76. The summed E-state index contributed by atoms with van der Waals surface area (Å²) in [6.45, 7) is 4.99. The van der Waals surface area contributed by atoms with Crippen LogP contribution in [0.15, 0.2) is 27.8 Å². The predicted molar refractivity (Wildman–Crippen MR) is 67.7 cm³/mol. The largest absolute Gasteiger partial charge is 0.493 e. The first-order valence-corrected chi connectivity index (χ1v) is 5.87. The summed E-state index contributed by atoms with van der Waals surface area (Å²) in [5.41, 5.74) is 9.29. The van der Waals surface area contributed by atoms with Gasteiger partial charge >= 0.3 is 0 Å². The number of halogens is 1. The molecule has 0 bridgehead atoms. The molecule has 0 heterocycles. The second-order valence-electron chi connectivity index (χ2n) is 3.64. The first-order valence-electron chi connectivity index (χ1n) is 5.08. The van der Waals surface area contributed by atoms with E-state index in [-0.39, 0.29) is 0 Å². The Kier molecular flexibility index (Phi) is 5.15. The third-order valence-electron chi connectivity index (χ3n) is 2.11. The van der Waals surface area contributed by atoms with E-state index in [9.17, 15) is 0 Å². The highest BCUT2D eigenvalue weighted by atomic mass is 79.9. The number of hydrogen-bond acceptors (Lipinski definition) is 2. The van der Waals surface area contributed by atoms with E-state index in [1.54, 1.807) is 0 Å². The zero-order chi connectivity index (χ0) is 12.0. The SMILES string of the molecule is CC(C)c1cc(Br)ccc1OCCN=[N+]=[N-]. The Morgan fingerprint density at radius 3 is 2.88 bits per heavy atom. The Morgan fingerprint density at radius 2 is 2.25 bits per heavy atom. The average molecular weight is 284 g/mol. The molecule has 4 nitrogen and oxygen atoms in total. The quantitative estimate of drug-likeness (QED) is 0.345. The average Bonchev–Trinajstić information content (AvgIpc) is 2.26. The maximum atomic E-state index is 8.14. The smallest absolute Gasteiger partial charge is 0.122 e. The third-order valence-corrected chi connectivity index (χ3v) is 2.60. The van der Waals surface area contributed by atoms with Crippen LogP contribution in [-0.2, 0) is 0 Å². The Balaban J connectivity index is 2.74. The van der Waals surface area contributed by atoms with Gasteiger partial charge < -0.3 is 4.74 Å². The van der Waals surface area contributed by atoms with Crippen LogP contribution in [0.4, 0.5) is 0 Å². The van der Waals surface area contributed by atoms with Gasteiger partial charge in [-0.1, -0.05) is 34.9 Å². The Hall–Kier alpha value is -1.19. The minimum atomic E-state index is 0.351. The zero-order valence-electron chi connectivity index (χ0n) is 9.35. The lowest BCUT2D eigenvalue weighted by Gasteiger charge is -2.13. The van der Waals surface area contributed by atoms with Gasteiger partial charge in [-0.05, 0) is 35.2 Å². The number of hydrogen-bond donors (Lipinski definition) is 0. The van der Waals surface area contributed by atoms with Gasteiger partial charge in [-0.25, -0.2) is 0 Å². The van der Waals surface area contributed by atoms with Crippen molar-refractivity contribution < 1.29 is 4.74 Å².